The number of rotatable bonds is 4. The normalized spacial score (nSPS) is 25.7. The lowest BCUT2D eigenvalue weighted by atomic mass is 9.95. The van der Waals surface area contributed by atoms with Gasteiger partial charge in [0.15, 0.2) is 0 Å². The van der Waals surface area contributed by atoms with E-state index in [-0.39, 0.29) is 6.04 Å². The number of nitrogens with one attached hydrogen (secondary N) is 1. The molecule has 1 aromatic rings. The van der Waals surface area contributed by atoms with Crippen LogP contribution in [-0.4, -0.2) is 28.8 Å². The van der Waals surface area contributed by atoms with Gasteiger partial charge in [0.2, 0.25) is 0 Å². The maximum atomic E-state index is 10.5. The number of hydrogen-bond acceptors (Lipinski definition) is 4. The van der Waals surface area contributed by atoms with E-state index in [0.29, 0.717) is 6.10 Å². The summed E-state index contributed by atoms with van der Waals surface area (Å²) in [5, 5.41) is 13.9. The molecule has 98 valence electrons. The van der Waals surface area contributed by atoms with E-state index in [1.165, 1.54) is 12.8 Å². The zero-order chi connectivity index (χ0) is 12.4. The Labute approximate surface area is 107 Å². The number of nitrogens with zero attached hydrogens (tertiary/aromatic N) is 1. The van der Waals surface area contributed by atoms with Crippen LogP contribution in [0.15, 0.2) is 18.5 Å². The van der Waals surface area contributed by atoms with Crippen molar-refractivity contribution in [2.45, 2.75) is 50.4 Å². The number of pyridine rings is 1. The first-order chi connectivity index (χ1) is 8.84. The Morgan fingerprint density at radius 2 is 2.22 bits per heavy atom. The highest BCUT2D eigenvalue weighted by Crippen LogP contribution is 2.33. The SMILES string of the molecule is OC(c1cnccc1OC1CC1)[C@@H]1CCCCN1. The number of ether oxygens (including phenoxy) is 1. The molecular formula is C14H20N2O2. The third-order valence-electron chi connectivity index (χ3n) is 3.68. The highest BCUT2D eigenvalue weighted by atomic mass is 16.5. The van der Waals surface area contributed by atoms with Gasteiger partial charge >= 0.3 is 0 Å². The number of aliphatic hydroxyl groups is 1. The van der Waals surface area contributed by atoms with E-state index in [1.54, 1.807) is 12.4 Å². The third kappa shape index (κ3) is 2.65. The van der Waals surface area contributed by atoms with Gasteiger partial charge in [-0.05, 0) is 38.3 Å². The molecule has 0 amide bonds. The van der Waals surface area contributed by atoms with Crippen molar-refractivity contribution in [2.24, 2.45) is 0 Å². The first-order valence-electron chi connectivity index (χ1n) is 6.86. The van der Waals surface area contributed by atoms with Crippen molar-refractivity contribution in [3.63, 3.8) is 0 Å². The molecule has 1 saturated heterocycles. The molecule has 2 N–H and O–H groups in total. The molecule has 0 bridgehead atoms. The lowest BCUT2D eigenvalue weighted by Crippen LogP contribution is -2.39. The molecule has 0 spiro atoms. The Morgan fingerprint density at radius 1 is 1.33 bits per heavy atom. The van der Waals surface area contributed by atoms with Crippen LogP contribution in [0.4, 0.5) is 0 Å². The molecule has 4 nitrogen and oxygen atoms in total. The Morgan fingerprint density at radius 3 is 2.94 bits per heavy atom. The fourth-order valence-electron chi connectivity index (χ4n) is 2.45. The van der Waals surface area contributed by atoms with Crippen LogP contribution in [0, 0.1) is 0 Å². The average Bonchev–Trinajstić information content (AvgIpc) is 3.24. The standard InChI is InChI=1S/C14H20N2O2/c17-14(12-3-1-2-7-16-12)11-9-15-8-6-13(11)18-10-4-5-10/h6,8-10,12,14,16-17H,1-5,7H2/t12-,14?/m0/s1. The van der Waals surface area contributed by atoms with Gasteiger partial charge in [-0.15, -0.1) is 0 Å². The molecule has 4 heteroatoms. The topological polar surface area (TPSA) is 54.4 Å². The van der Waals surface area contributed by atoms with E-state index >= 15 is 0 Å². The summed E-state index contributed by atoms with van der Waals surface area (Å²) in [6.07, 6.45) is 8.92. The van der Waals surface area contributed by atoms with Crippen molar-refractivity contribution in [1.29, 1.82) is 0 Å². The molecule has 2 aliphatic rings. The molecule has 2 atom stereocenters. The van der Waals surface area contributed by atoms with Crippen molar-refractivity contribution in [3.8, 4) is 5.75 Å². The molecule has 2 fully saturated rings. The van der Waals surface area contributed by atoms with Crippen molar-refractivity contribution in [3.05, 3.63) is 24.0 Å². The van der Waals surface area contributed by atoms with Gasteiger partial charge in [-0.2, -0.15) is 0 Å². The van der Waals surface area contributed by atoms with Gasteiger partial charge in [-0.3, -0.25) is 4.98 Å². The van der Waals surface area contributed by atoms with E-state index in [0.717, 1.165) is 37.1 Å². The summed E-state index contributed by atoms with van der Waals surface area (Å²) in [6.45, 7) is 0.987. The second kappa shape index (κ2) is 5.24. The van der Waals surface area contributed by atoms with E-state index < -0.39 is 6.10 Å². The number of aliphatic hydroxyl groups excluding tert-OH is 1. The van der Waals surface area contributed by atoms with Gasteiger partial charge in [0.05, 0.1) is 12.2 Å². The zero-order valence-electron chi connectivity index (χ0n) is 10.5. The Hall–Kier alpha value is -1.13. The van der Waals surface area contributed by atoms with Gasteiger partial charge < -0.3 is 15.2 Å². The predicted octanol–water partition coefficient (Wildman–Crippen LogP) is 1.80. The number of piperidine rings is 1. The average molecular weight is 248 g/mol. The Kier molecular flexibility index (Phi) is 3.48. The molecular weight excluding hydrogens is 228 g/mol. The van der Waals surface area contributed by atoms with Crippen molar-refractivity contribution in [2.75, 3.05) is 6.54 Å². The minimum absolute atomic E-state index is 0.129. The van der Waals surface area contributed by atoms with Crippen LogP contribution < -0.4 is 10.1 Å². The minimum atomic E-state index is -0.521. The quantitative estimate of drug-likeness (QED) is 0.853. The minimum Gasteiger partial charge on any atom is -0.490 e. The summed E-state index contributed by atoms with van der Waals surface area (Å²) < 4.78 is 5.84. The van der Waals surface area contributed by atoms with Gasteiger partial charge in [-0.1, -0.05) is 6.42 Å². The molecule has 18 heavy (non-hydrogen) atoms. The van der Waals surface area contributed by atoms with Gasteiger partial charge in [0.25, 0.3) is 0 Å². The van der Waals surface area contributed by atoms with Crippen LogP contribution in [0.25, 0.3) is 0 Å². The third-order valence-corrected chi connectivity index (χ3v) is 3.68. The second-order valence-corrected chi connectivity index (χ2v) is 5.23. The highest BCUT2D eigenvalue weighted by Gasteiger charge is 2.29. The fourth-order valence-corrected chi connectivity index (χ4v) is 2.45. The molecule has 1 saturated carbocycles. The van der Waals surface area contributed by atoms with E-state index in [1.807, 2.05) is 6.07 Å². The lowest BCUT2D eigenvalue weighted by Gasteiger charge is -2.28. The summed E-state index contributed by atoms with van der Waals surface area (Å²) in [5.41, 5.74) is 0.823. The van der Waals surface area contributed by atoms with Crippen LogP contribution in [-0.2, 0) is 0 Å². The van der Waals surface area contributed by atoms with Crippen LogP contribution in [0.5, 0.6) is 5.75 Å². The maximum Gasteiger partial charge on any atom is 0.128 e. The zero-order valence-corrected chi connectivity index (χ0v) is 10.5. The summed E-state index contributed by atoms with van der Waals surface area (Å²) in [5.74, 6) is 0.798. The molecule has 1 aromatic heterocycles. The maximum absolute atomic E-state index is 10.5. The van der Waals surface area contributed by atoms with E-state index in [2.05, 4.69) is 10.3 Å². The Balaban J connectivity index is 1.76. The highest BCUT2D eigenvalue weighted by molar-refractivity contribution is 5.33. The first-order valence-corrected chi connectivity index (χ1v) is 6.86. The van der Waals surface area contributed by atoms with E-state index in [9.17, 15) is 5.11 Å². The van der Waals surface area contributed by atoms with Crippen molar-refractivity contribution >= 4 is 0 Å². The predicted molar refractivity (Wildman–Crippen MR) is 68.5 cm³/mol. The van der Waals surface area contributed by atoms with Crippen LogP contribution in [0.2, 0.25) is 0 Å². The summed E-state index contributed by atoms with van der Waals surface area (Å²) in [7, 11) is 0. The monoisotopic (exact) mass is 248 g/mol. The lowest BCUT2D eigenvalue weighted by molar-refractivity contribution is 0.109. The molecule has 0 radical (unpaired) electrons. The van der Waals surface area contributed by atoms with Gasteiger partial charge in [-0.25, -0.2) is 0 Å². The molecule has 2 heterocycles. The number of aromatic nitrogens is 1. The fraction of sp³-hybridized carbons (Fsp3) is 0.643. The molecule has 1 aliphatic carbocycles. The Bertz CT molecular complexity index is 401. The van der Waals surface area contributed by atoms with Gasteiger partial charge in [0.1, 0.15) is 5.75 Å². The largest absolute Gasteiger partial charge is 0.490 e. The van der Waals surface area contributed by atoms with Crippen molar-refractivity contribution in [1.82, 2.24) is 10.3 Å². The summed E-state index contributed by atoms with van der Waals surface area (Å²) in [4.78, 5) is 4.12. The molecule has 1 unspecified atom stereocenters. The first kappa shape index (κ1) is 11.9. The summed E-state index contributed by atoms with van der Waals surface area (Å²) >= 11 is 0. The summed E-state index contributed by atoms with van der Waals surface area (Å²) in [6, 6.07) is 1.99. The van der Waals surface area contributed by atoms with Gasteiger partial charge in [0, 0.05) is 24.0 Å². The van der Waals surface area contributed by atoms with Crippen LogP contribution in [0.3, 0.4) is 0 Å². The van der Waals surface area contributed by atoms with E-state index in [4.69, 9.17) is 4.74 Å². The molecule has 3 rings (SSSR count). The smallest absolute Gasteiger partial charge is 0.128 e. The molecule has 1 aliphatic heterocycles. The van der Waals surface area contributed by atoms with Crippen molar-refractivity contribution < 1.29 is 9.84 Å². The second-order valence-electron chi connectivity index (χ2n) is 5.23. The molecule has 0 aromatic carbocycles. The number of hydrogen-bond donors (Lipinski definition) is 2. The van der Waals surface area contributed by atoms with Crippen LogP contribution in [0.1, 0.15) is 43.8 Å². The van der Waals surface area contributed by atoms with Crippen LogP contribution >= 0.6 is 0 Å².